The van der Waals surface area contributed by atoms with Crippen molar-refractivity contribution in [2.45, 2.75) is 50.7 Å². The third-order valence-electron chi connectivity index (χ3n) is 4.51. The Morgan fingerprint density at radius 1 is 1.48 bits per heavy atom. The number of esters is 1. The molecule has 0 unspecified atom stereocenters. The smallest absolute Gasteiger partial charge is 0.417 e. The standard InChI is InChI=1S/C18H19F3N2O3S/c1-3-26-16(25)17(6-4-5-14(17)24)7-8-27-15-12(10-22)13(18(19,20)21)9-11(2)23-15/h9H,3-8H2,1-2H3/t17-/m0/s1. The van der Waals surface area contributed by atoms with Gasteiger partial charge in [-0.2, -0.15) is 18.4 Å². The summed E-state index contributed by atoms with van der Waals surface area (Å²) in [6.07, 6.45) is -3.30. The molecule has 1 heterocycles. The van der Waals surface area contributed by atoms with Gasteiger partial charge in [0.25, 0.3) is 0 Å². The van der Waals surface area contributed by atoms with Crippen molar-refractivity contribution in [1.29, 1.82) is 5.26 Å². The lowest BCUT2D eigenvalue weighted by atomic mass is 9.82. The van der Waals surface area contributed by atoms with Crippen LogP contribution in [0.4, 0.5) is 13.2 Å². The first kappa shape index (κ1) is 21.2. The minimum atomic E-state index is -4.67. The van der Waals surface area contributed by atoms with E-state index in [1.807, 2.05) is 0 Å². The lowest BCUT2D eigenvalue weighted by molar-refractivity contribution is -0.158. The number of nitrogens with zero attached hydrogens (tertiary/aromatic N) is 2. The highest BCUT2D eigenvalue weighted by Gasteiger charge is 2.49. The fraction of sp³-hybridized carbons (Fsp3) is 0.556. The Hall–Kier alpha value is -2.08. The summed E-state index contributed by atoms with van der Waals surface area (Å²) in [6.45, 7) is 3.21. The molecule has 9 heteroatoms. The number of thioether (sulfide) groups is 1. The van der Waals surface area contributed by atoms with Gasteiger partial charge >= 0.3 is 12.1 Å². The van der Waals surface area contributed by atoms with Gasteiger partial charge in [-0.15, -0.1) is 11.8 Å². The molecule has 1 saturated carbocycles. The lowest BCUT2D eigenvalue weighted by Gasteiger charge is -2.24. The van der Waals surface area contributed by atoms with Crippen molar-refractivity contribution in [3.8, 4) is 6.07 Å². The van der Waals surface area contributed by atoms with E-state index in [2.05, 4.69) is 4.98 Å². The molecule has 27 heavy (non-hydrogen) atoms. The van der Waals surface area contributed by atoms with Crippen molar-refractivity contribution in [3.05, 3.63) is 22.9 Å². The molecular formula is C18H19F3N2O3S. The predicted octanol–water partition coefficient (Wildman–Crippen LogP) is 4.07. The molecule has 0 aliphatic heterocycles. The highest BCUT2D eigenvalue weighted by atomic mass is 32.2. The van der Waals surface area contributed by atoms with E-state index in [9.17, 15) is 28.0 Å². The van der Waals surface area contributed by atoms with Crippen LogP contribution in [0.2, 0.25) is 0 Å². The van der Waals surface area contributed by atoms with E-state index in [-0.39, 0.29) is 41.7 Å². The van der Waals surface area contributed by atoms with Gasteiger partial charge < -0.3 is 4.74 Å². The molecule has 5 nitrogen and oxygen atoms in total. The number of pyridine rings is 1. The number of carbonyl (C=O) groups excluding carboxylic acids is 2. The van der Waals surface area contributed by atoms with Gasteiger partial charge in [0.15, 0.2) is 0 Å². The van der Waals surface area contributed by atoms with Crippen molar-refractivity contribution >= 4 is 23.5 Å². The molecule has 1 aromatic rings. The molecule has 0 amide bonds. The number of nitriles is 1. The predicted molar refractivity (Wildman–Crippen MR) is 92.0 cm³/mol. The molecule has 0 bridgehead atoms. The number of alkyl halides is 3. The number of ketones is 1. The summed E-state index contributed by atoms with van der Waals surface area (Å²) in [6, 6.07) is 2.41. The molecule has 1 atom stereocenters. The van der Waals surface area contributed by atoms with Crippen LogP contribution >= 0.6 is 11.8 Å². The van der Waals surface area contributed by atoms with E-state index in [1.54, 1.807) is 13.0 Å². The Bertz CT molecular complexity index is 789. The number of ether oxygens (including phenoxy) is 1. The maximum atomic E-state index is 13.2. The van der Waals surface area contributed by atoms with Crippen molar-refractivity contribution in [2.24, 2.45) is 5.41 Å². The summed E-state index contributed by atoms with van der Waals surface area (Å²) >= 11 is 0.945. The summed E-state index contributed by atoms with van der Waals surface area (Å²) in [4.78, 5) is 28.6. The molecule has 1 fully saturated rings. The topological polar surface area (TPSA) is 80.0 Å². The molecule has 0 radical (unpaired) electrons. The van der Waals surface area contributed by atoms with Crippen LogP contribution in [0.15, 0.2) is 11.1 Å². The van der Waals surface area contributed by atoms with Crippen LogP contribution in [-0.4, -0.2) is 29.1 Å². The van der Waals surface area contributed by atoms with Crippen LogP contribution in [0, 0.1) is 23.7 Å². The van der Waals surface area contributed by atoms with Gasteiger partial charge in [0.05, 0.1) is 17.7 Å². The van der Waals surface area contributed by atoms with Gasteiger partial charge in [0.2, 0.25) is 0 Å². The van der Waals surface area contributed by atoms with E-state index in [4.69, 9.17) is 4.74 Å². The first-order valence-electron chi connectivity index (χ1n) is 8.48. The van der Waals surface area contributed by atoms with Crippen molar-refractivity contribution < 1.29 is 27.5 Å². The zero-order chi connectivity index (χ0) is 20.2. The van der Waals surface area contributed by atoms with Gasteiger partial charge in [-0.25, -0.2) is 4.98 Å². The summed E-state index contributed by atoms with van der Waals surface area (Å²) in [5, 5.41) is 9.14. The van der Waals surface area contributed by atoms with Gasteiger partial charge in [-0.3, -0.25) is 9.59 Å². The number of hydrogen-bond donors (Lipinski definition) is 0. The average Bonchev–Trinajstić information content (AvgIpc) is 2.96. The molecule has 0 spiro atoms. The number of rotatable bonds is 6. The summed E-state index contributed by atoms with van der Waals surface area (Å²) < 4.78 is 44.6. The van der Waals surface area contributed by atoms with Crippen molar-refractivity contribution in [2.75, 3.05) is 12.4 Å². The summed E-state index contributed by atoms with van der Waals surface area (Å²) in [5.41, 5.74) is -2.68. The fourth-order valence-electron chi connectivity index (χ4n) is 3.18. The average molecular weight is 400 g/mol. The number of halogens is 3. The van der Waals surface area contributed by atoms with E-state index in [1.165, 1.54) is 6.92 Å². The second-order valence-corrected chi connectivity index (χ2v) is 7.36. The molecule has 0 aromatic carbocycles. The van der Waals surface area contributed by atoms with E-state index in [0.29, 0.717) is 12.8 Å². The number of aromatic nitrogens is 1. The zero-order valence-electron chi connectivity index (χ0n) is 15.0. The van der Waals surface area contributed by atoms with Gasteiger partial charge in [0.1, 0.15) is 22.3 Å². The SMILES string of the molecule is CCOC(=O)[C@]1(CCSc2nc(C)cc(C(F)(F)F)c2C#N)CCCC1=O. The van der Waals surface area contributed by atoms with Crippen molar-refractivity contribution in [3.63, 3.8) is 0 Å². The summed E-state index contributed by atoms with van der Waals surface area (Å²) in [7, 11) is 0. The maximum absolute atomic E-state index is 13.2. The molecular weight excluding hydrogens is 381 g/mol. The Balaban J connectivity index is 2.24. The monoisotopic (exact) mass is 400 g/mol. The quantitative estimate of drug-likeness (QED) is 0.407. The zero-order valence-corrected chi connectivity index (χ0v) is 15.8. The van der Waals surface area contributed by atoms with Crippen molar-refractivity contribution in [1.82, 2.24) is 4.98 Å². The van der Waals surface area contributed by atoms with Gasteiger partial charge in [-0.05, 0) is 39.2 Å². The Kier molecular flexibility index (Phi) is 6.52. The third kappa shape index (κ3) is 4.43. The highest BCUT2D eigenvalue weighted by Crippen LogP contribution is 2.42. The molecule has 1 aliphatic rings. The largest absolute Gasteiger partial charge is 0.465 e. The first-order chi connectivity index (χ1) is 12.7. The minimum Gasteiger partial charge on any atom is -0.465 e. The Labute approximate surface area is 159 Å². The van der Waals surface area contributed by atoms with Gasteiger partial charge in [0, 0.05) is 17.9 Å². The van der Waals surface area contributed by atoms with E-state index < -0.39 is 28.7 Å². The highest BCUT2D eigenvalue weighted by molar-refractivity contribution is 7.99. The molecule has 0 N–H and O–H groups in total. The Morgan fingerprint density at radius 3 is 2.70 bits per heavy atom. The van der Waals surface area contributed by atoms with Crippen LogP contribution in [0.1, 0.15) is 49.4 Å². The van der Waals surface area contributed by atoms with Crippen LogP contribution < -0.4 is 0 Å². The maximum Gasteiger partial charge on any atom is 0.417 e. The second kappa shape index (κ2) is 8.30. The van der Waals surface area contributed by atoms with E-state index >= 15 is 0 Å². The molecule has 0 saturated heterocycles. The Morgan fingerprint density at radius 2 is 2.19 bits per heavy atom. The van der Waals surface area contributed by atoms with Crippen LogP contribution in [0.25, 0.3) is 0 Å². The fourth-order valence-corrected chi connectivity index (χ4v) is 4.34. The first-order valence-corrected chi connectivity index (χ1v) is 9.46. The van der Waals surface area contributed by atoms with Crippen LogP contribution in [0.5, 0.6) is 0 Å². The second-order valence-electron chi connectivity index (χ2n) is 6.28. The molecule has 2 rings (SSSR count). The molecule has 146 valence electrons. The lowest BCUT2D eigenvalue weighted by Crippen LogP contribution is -2.37. The number of carbonyl (C=O) groups is 2. The normalized spacial score (nSPS) is 19.8. The summed E-state index contributed by atoms with van der Waals surface area (Å²) in [5.74, 6) is -0.607. The number of hydrogen-bond acceptors (Lipinski definition) is 6. The van der Waals surface area contributed by atoms with E-state index in [0.717, 1.165) is 17.8 Å². The van der Waals surface area contributed by atoms with Gasteiger partial charge in [-0.1, -0.05) is 0 Å². The minimum absolute atomic E-state index is 0.0470. The third-order valence-corrected chi connectivity index (χ3v) is 5.48. The number of aryl methyl sites for hydroxylation is 1. The number of Topliss-reactive ketones (excluding diaryl/α,β-unsaturated/α-hetero) is 1. The van der Waals surface area contributed by atoms with Crippen LogP contribution in [-0.2, 0) is 20.5 Å². The molecule has 1 aromatic heterocycles. The van der Waals surface area contributed by atoms with Crippen LogP contribution in [0.3, 0.4) is 0 Å². The molecule has 1 aliphatic carbocycles.